The Bertz CT molecular complexity index is 581. The van der Waals surface area contributed by atoms with Crippen LogP contribution in [0.5, 0.6) is 0 Å². The second-order valence-corrected chi connectivity index (χ2v) is 7.86. The van der Waals surface area contributed by atoms with E-state index < -0.39 is 5.60 Å². The maximum Gasteiger partial charge on any atom is 0.227 e. The van der Waals surface area contributed by atoms with E-state index in [0.717, 1.165) is 43.7 Å². The van der Waals surface area contributed by atoms with Crippen LogP contribution in [0.4, 0.5) is 5.69 Å². The van der Waals surface area contributed by atoms with Gasteiger partial charge in [-0.05, 0) is 56.5 Å². The minimum Gasteiger partial charge on any atom is -0.387 e. The van der Waals surface area contributed by atoms with E-state index in [0.29, 0.717) is 19.5 Å². The predicted octanol–water partition coefficient (Wildman–Crippen LogP) is 1.74. The summed E-state index contributed by atoms with van der Waals surface area (Å²) in [5, 5.41) is 11.0. The fourth-order valence-corrected chi connectivity index (χ4v) is 4.01. The lowest BCUT2D eigenvalue weighted by molar-refractivity contribution is -0.138. The van der Waals surface area contributed by atoms with E-state index in [1.165, 1.54) is 12.8 Å². The Labute approximate surface area is 151 Å². The van der Waals surface area contributed by atoms with Crippen molar-refractivity contribution in [2.75, 3.05) is 51.7 Å². The van der Waals surface area contributed by atoms with Crippen LogP contribution in [0.15, 0.2) is 24.3 Å². The summed E-state index contributed by atoms with van der Waals surface area (Å²) in [4.78, 5) is 19.0. The highest BCUT2D eigenvalue weighted by atomic mass is 16.3. The molecular weight excluding hydrogens is 314 g/mol. The zero-order valence-corrected chi connectivity index (χ0v) is 15.6. The summed E-state index contributed by atoms with van der Waals surface area (Å²) in [5.74, 6) is 0.122. The van der Waals surface area contributed by atoms with Gasteiger partial charge in [0.2, 0.25) is 5.91 Å². The SMILES string of the molecule is CN(C)c1ccc(CC(=O)N2CCC[C@](O)(CN3CCCC3)C2)cc1. The molecule has 0 saturated carbocycles. The number of benzene rings is 1. The van der Waals surface area contributed by atoms with Gasteiger partial charge in [-0.2, -0.15) is 0 Å². The van der Waals surface area contributed by atoms with Crippen LogP contribution >= 0.6 is 0 Å². The quantitative estimate of drug-likeness (QED) is 0.883. The Morgan fingerprint density at radius 1 is 1.12 bits per heavy atom. The van der Waals surface area contributed by atoms with Crippen molar-refractivity contribution in [3.05, 3.63) is 29.8 Å². The lowest BCUT2D eigenvalue weighted by Gasteiger charge is -2.41. The summed E-state index contributed by atoms with van der Waals surface area (Å²) >= 11 is 0. The molecule has 2 fully saturated rings. The van der Waals surface area contributed by atoms with E-state index in [2.05, 4.69) is 9.80 Å². The molecule has 1 aromatic carbocycles. The lowest BCUT2D eigenvalue weighted by atomic mass is 9.91. The van der Waals surface area contributed by atoms with Gasteiger partial charge < -0.3 is 19.8 Å². The molecule has 138 valence electrons. The first-order chi connectivity index (χ1) is 12.0. The molecule has 3 rings (SSSR count). The molecule has 1 atom stereocenters. The lowest BCUT2D eigenvalue weighted by Crippen LogP contribution is -2.55. The molecule has 0 spiro atoms. The molecule has 2 aliphatic rings. The molecular formula is C20H31N3O2. The fraction of sp³-hybridized carbons (Fsp3) is 0.650. The van der Waals surface area contributed by atoms with Gasteiger partial charge in [0.25, 0.3) is 0 Å². The standard InChI is InChI=1S/C20H31N3O2/c1-21(2)18-8-6-17(7-9-18)14-19(24)23-13-5-10-20(25,16-23)15-22-11-3-4-12-22/h6-9,25H,3-5,10-16H2,1-2H3/t20-/m0/s1. The van der Waals surface area contributed by atoms with Crippen LogP contribution in [-0.2, 0) is 11.2 Å². The summed E-state index contributed by atoms with van der Waals surface area (Å²) in [6.45, 7) is 4.09. The van der Waals surface area contributed by atoms with Crippen molar-refractivity contribution in [3.8, 4) is 0 Å². The molecule has 5 nitrogen and oxygen atoms in total. The number of hydrogen-bond acceptors (Lipinski definition) is 4. The number of nitrogens with zero attached hydrogens (tertiary/aromatic N) is 3. The summed E-state index contributed by atoms with van der Waals surface area (Å²) in [7, 11) is 4.02. The average molecular weight is 345 g/mol. The van der Waals surface area contributed by atoms with Gasteiger partial charge in [-0.25, -0.2) is 0 Å². The summed E-state index contributed by atoms with van der Waals surface area (Å²) in [5.41, 5.74) is 1.42. The number of likely N-dealkylation sites (tertiary alicyclic amines) is 2. The minimum absolute atomic E-state index is 0.122. The maximum absolute atomic E-state index is 12.7. The topological polar surface area (TPSA) is 47.0 Å². The van der Waals surface area contributed by atoms with Crippen LogP contribution in [0.3, 0.4) is 0 Å². The van der Waals surface area contributed by atoms with Gasteiger partial charge in [0, 0.05) is 32.9 Å². The number of hydrogen-bond donors (Lipinski definition) is 1. The Morgan fingerprint density at radius 2 is 1.80 bits per heavy atom. The largest absolute Gasteiger partial charge is 0.387 e. The van der Waals surface area contributed by atoms with Crippen LogP contribution in [0.2, 0.25) is 0 Å². The molecule has 2 heterocycles. The number of amides is 1. The minimum atomic E-state index is -0.743. The zero-order chi connectivity index (χ0) is 17.9. The average Bonchev–Trinajstić information content (AvgIpc) is 3.07. The molecule has 5 heteroatoms. The van der Waals surface area contributed by atoms with Crippen LogP contribution < -0.4 is 4.90 Å². The zero-order valence-electron chi connectivity index (χ0n) is 15.6. The van der Waals surface area contributed by atoms with Gasteiger partial charge in [0.1, 0.15) is 0 Å². The van der Waals surface area contributed by atoms with Crippen LogP contribution in [-0.4, -0.2) is 73.2 Å². The van der Waals surface area contributed by atoms with Crippen molar-refractivity contribution < 1.29 is 9.90 Å². The van der Waals surface area contributed by atoms with Crippen LogP contribution in [0, 0.1) is 0 Å². The summed E-state index contributed by atoms with van der Waals surface area (Å²) in [6, 6.07) is 8.13. The van der Waals surface area contributed by atoms with Gasteiger partial charge in [-0.3, -0.25) is 4.79 Å². The van der Waals surface area contributed by atoms with Crippen molar-refractivity contribution >= 4 is 11.6 Å². The molecule has 1 aromatic rings. The number of anilines is 1. The number of β-amino-alcohol motifs (C(OH)–C–C–N with tert-alkyl or cyclic N) is 1. The Kier molecular flexibility index (Phi) is 5.64. The van der Waals surface area contributed by atoms with Crippen molar-refractivity contribution in [1.29, 1.82) is 0 Å². The fourth-order valence-electron chi connectivity index (χ4n) is 4.01. The van der Waals surface area contributed by atoms with Gasteiger partial charge >= 0.3 is 0 Å². The van der Waals surface area contributed by atoms with Crippen molar-refractivity contribution in [1.82, 2.24) is 9.80 Å². The Morgan fingerprint density at radius 3 is 2.44 bits per heavy atom. The molecule has 25 heavy (non-hydrogen) atoms. The van der Waals surface area contributed by atoms with E-state index in [9.17, 15) is 9.90 Å². The summed E-state index contributed by atoms with van der Waals surface area (Å²) in [6.07, 6.45) is 4.54. The Hall–Kier alpha value is -1.59. The predicted molar refractivity (Wildman–Crippen MR) is 101 cm³/mol. The number of piperidine rings is 1. The van der Waals surface area contributed by atoms with Crippen molar-refractivity contribution in [2.24, 2.45) is 0 Å². The van der Waals surface area contributed by atoms with Gasteiger partial charge in [-0.15, -0.1) is 0 Å². The van der Waals surface area contributed by atoms with E-state index in [4.69, 9.17) is 0 Å². The third-order valence-corrected chi connectivity index (χ3v) is 5.43. The van der Waals surface area contributed by atoms with E-state index in [1.54, 1.807) is 0 Å². The third-order valence-electron chi connectivity index (χ3n) is 5.43. The van der Waals surface area contributed by atoms with Gasteiger partial charge in [-0.1, -0.05) is 12.1 Å². The van der Waals surface area contributed by atoms with Crippen LogP contribution in [0.25, 0.3) is 0 Å². The van der Waals surface area contributed by atoms with Crippen molar-refractivity contribution in [2.45, 2.75) is 37.7 Å². The van der Waals surface area contributed by atoms with Crippen molar-refractivity contribution in [3.63, 3.8) is 0 Å². The first-order valence-electron chi connectivity index (χ1n) is 9.44. The van der Waals surface area contributed by atoms with Gasteiger partial charge in [0.15, 0.2) is 0 Å². The first kappa shape index (κ1) is 18.2. The molecule has 2 saturated heterocycles. The number of carbonyl (C=O) groups excluding carboxylic acids is 1. The highest BCUT2D eigenvalue weighted by Crippen LogP contribution is 2.25. The monoisotopic (exact) mass is 345 g/mol. The normalized spacial score (nSPS) is 24.5. The van der Waals surface area contributed by atoms with E-state index in [1.807, 2.05) is 43.3 Å². The first-order valence-corrected chi connectivity index (χ1v) is 9.44. The number of rotatable bonds is 5. The molecule has 2 aliphatic heterocycles. The Balaban J connectivity index is 1.57. The number of aliphatic hydroxyl groups is 1. The highest BCUT2D eigenvalue weighted by molar-refractivity contribution is 5.79. The number of carbonyl (C=O) groups is 1. The van der Waals surface area contributed by atoms with E-state index >= 15 is 0 Å². The molecule has 0 radical (unpaired) electrons. The van der Waals surface area contributed by atoms with E-state index in [-0.39, 0.29) is 5.91 Å². The second kappa shape index (κ2) is 7.75. The van der Waals surface area contributed by atoms with Gasteiger partial charge in [0.05, 0.1) is 18.6 Å². The van der Waals surface area contributed by atoms with Crippen LogP contribution in [0.1, 0.15) is 31.2 Å². The molecule has 0 aromatic heterocycles. The maximum atomic E-state index is 12.7. The second-order valence-electron chi connectivity index (χ2n) is 7.86. The molecule has 1 N–H and O–H groups in total. The molecule has 0 bridgehead atoms. The molecule has 0 aliphatic carbocycles. The molecule has 1 amide bonds. The third kappa shape index (κ3) is 4.73. The highest BCUT2D eigenvalue weighted by Gasteiger charge is 2.37. The molecule has 0 unspecified atom stereocenters. The summed E-state index contributed by atoms with van der Waals surface area (Å²) < 4.78 is 0. The smallest absolute Gasteiger partial charge is 0.227 e.